The summed E-state index contributed by atoms with van der Waals surface area (Å²) in [5.74, 6) is -1.10. The average Bonchev–Trinajstić information content (AvgIpc) is 3.00. The highest BCUT2D eigenvalue weighted by Crippen LogP contribution is 2.33. The van der Waals surface area contributed by atoms with Crippen LogP contribution in [0.15, 0.2) is 23.0 Å². The molecule has 3 rings (SSSR count). The number of rotatable bonds is 3. The number of nitrogens with zero attached hydrogens (tertiary/aromatic N) is 3. The van der Waals surface area contributed by atoms with Gasteiger partial charge in [-0.15, -0.1) is 0 Å². The lowest BCUT2D eigenvalue weighted by molar-refractivity contribution is -0.140. The van der Waals surface area contributed by atoms with Gasteiger partial charge in [0.15, 0.2) is 5.65 Å². The van der Waals surface area contributed by atoms with Crippen LogP contribution in [0, 0.1) is 12.7 Å². The van der Waals surface area contributed by atoms with E-state index in [9.17, 15) is 27.5 Å². The molecule has 2 heterocycles. The Morgan fingerprint density at radius 3 is 2.46 bits per heavy atom. The summed E-state index contributed by atoms with van der Waals surface area (Å²) in [6.45, 7) is 6.61. The van der Waals surface area contributed by atoms with Crippen LogP contribution in [0.3, 0.4) is 0 Å². The second kappa shape index (κ2) is 8.09. The van der Waals surface area contributed by atoms with Gasteiger partial charge in [-0.25, -0.2) is 14.1 Å². The van der Waals surface area contributed by atoms with Crippen molar-refractivity contribution in [3.05, 3.63) is 57.0 Å². The van der Waals surface area contributed by atoms with Gasteiger partial charge in [0.2, 0.25) is 0 Å². The summed E-state index contributed by atoms with van der Waals surface area (Å²) in [6, 6.07) is 1.86. The number of aliphatic hydroxyl groups is 1. The Balaban J connectivity index is 0.00000136. The lowest BCUT2D eigenvalue weighted by Gasteiger charge is -2.15. The average molecular weight is 400 g/mol. The fraction of sp³-hybridized carbons (Fsp3) is 0.389. The Hall–Kier alpha value is -2.75. The molecule has 10 heteroatoms. The highest BCUT2D eigenvalue weighted by molar-refractivity contribution is 5.77. The molecule has 0 saturated carbocycles. The van der Waals surface area contributed by atoms with E-state index in [-0.39, 0.29) is 22.3 Å². The van der Waals surface area contributed by atoms with E-state index in [0.29, 0.717) is 11.9 Å². The van der Waals surface area contributed by atoms with Crippen LogP contribution >= 0.6 is 0 Å². The topological polar surface area (TPSA) is 83.8 Å². The molecule has 6 nitrogen and oxygen atoms in total. The lowest BCUT2D eigenvalue weighted by Crippen LogP contribution is -2.14. The number of fused-ring (bicyclic) bond motifs is 1. The summed E-state index contributed by atoms with van der Waals surface area (Å²) in [4.78, 5) is 18.8. The summed E-state index contributed by atoms with van der Waals surface area (Å²) in [7, 11) is 0. The van der Waals surface area contributed by atoms with Gasteiger partial charge >= 0.3 is 6.18 Å². The van der Waals surface area contributed by atoms with E-state index in [2.05, 4.69) is 15.1 Å². The predicted molar refractivity (Wildman–Crippen MR) is 95.4 cm³/mol. The SMILES string of the molecule is CC.Cc1nc2c(c(CO)nn2C(C)c2ccc(C(F)(F)F)c(F)c2)c(=O)[nH]1. The highest BCUT2D eigenvalue weighted by Gasteiger charge is 2.34. The van der Waals surface area contributed by atoms with E-state index in [1.165, 1.54) is 4.68 Å². The zero-order valence-electron chi connectivity index (χ0n) is 15.7. The van der Waals surface area contributed by atoms with Crippen molar-refractivity contribution in [3.8, 4) is 0 Å². The molecule has 0 amide bonds. The summed E-state index contributed by atoms with van der Waals surface area (Å²) >= 11 is 0. The fourth-order valence-corrected chi connectivity index (χ4v) is 2.77. The number of hydrogen-bond acceptors (Lipinski definition) is 4. The van der Waals surface area contributed by atoms with Crippen LogP contribution in [0.25, 0.3) is 11.0 Å². The maximum atomic E-state index is 13.9. The van der Waals surface area contributed by atoms with Crippen molar-refractivity contribution in [2.45, 2.75) is 46.5 Å². The largest absolute Gasteiger partial charge is 0.419 e. The third-order valence-electron chi connectivity index (χ3n) is 4.05. The monoisotopic (exact) mass is 400 g/mol. The zero-order chi connectivity index (χ0) is 21.2. The maximum Gasteiger partial charge on any atom is 0.419 e. The molecular formula is C18H20F4N4O2. The number of H-pyrrole nitrogens is 1. The Morgan fingerprint density at radius 1 is 1.29 bits per heavy atom. The first kappa shape index (κ1) is 21.5. The second-order valence-corrected chi connectivity index (χ2v) is 5.81. The summed E-state index contributed by atoms with van der Waals surface area (Å²) < 4.78 is 53.3. The first-order valence-electron chi connectivity index (χ1n) is 8.59. The number of halogens is 4. The molecule has 0 aliphatic rings. The molecular weight excluding hydrogens is 380 g/mol. The van der Waals surface area contributed by atoms with Crippen molar-refractivity contribution in [2.75, 3.05) is 0 Å². The van der Waals surface area contributed by atoms with Crippen LogP contribution in [0.1, 0.15) is 49.5 Å². The van der Waals surface area contributed by atoms with Crippen molar-refractivity contribution >= 4 is 11.0 Å². The van der Waals surface area contributed by atoms with E-state index in [0.717, 1.165) is 12.1 Å². The van der Waals surface area contributed by atoms with E-state index < -0.39 is 35.8 Å². The molecule has 1 atom stereocenters. The molecule has 2 N–H and O–H groups in total. The smallest absolute Gasteiger partial charge is 0.390 e. The third kappa shape index (κ3) is 3.91. The summed E-state index contributed by atoms with van der Waals surface area (Å²) in [5.41, 5.74) is -1.41. The quantitative estimate of drug-likeness (QED) is 0.657. The zero-order valence-corrected chi connectivity index (χ0v) is 15.7. The molecule has 152 valence electrons. The van der Waals surface area contributed by atoms with E-state index in [4.69, 9.17) is 0 Å². The van der Waals surface area contributed by atoms with Gasteiger partial charge in [-0.05, 0) is 31.5 Å². The van der Waals surface area contributed by atoms with Gasteiger partial charge in [0.05, 0.1) is 18.2 Å². The van der Waals surface area contributed by atoms with Crippen LogP contribution in [-0.2, 0) is 12.8 Å². The van der Waals surface area contributed by atoms with Gasteiger partial charge in [-0.3, -0.25) is 4.79 Å². The van der Waals surface area contributed by atoms with Crippen molar-refractivity contribution in [3.63, 3.8) is 0 Å². The number of aryl methyl sites for hydroxylation is 1. The molecule has 0 fully saturated rings. The van der Waals surface area contributed by atoms with Gasteiger partial charge in [0.1, 0.15) is 22.7 Å². The van der Waals surface area contributed by atoms with Crippen LogP contribution in [0.2, 0.25) is 0 Å². The number of alkyl halides is 3. The molecule has 0 bridgehead atoms. The molecule has 1 aromatic carbocycles. The normalized spacial score (nSPS) is 12.6. The van der Waals surface area contributed by atoms with Gasteiger partial charge in [-0.1, -0.05) is 19.9 Å². The van der Waals surface area contributed by atoms with Crippen molar-refractivity contribution in [2.24, 2.45) is 0 Å². The molecule has 1 unspecified atom stereocenters. The number of benzene rings is 1. The molecule has 2 aromatic heterocycles. The predicted octanol–water partition coefficient (Wildman–Crippen LogP) is 3.71. The molecule has 0 radical (unpaired) electrons. The molecule has 28 heavy (non-hydrogen) atoms. The minimum absolute atomic E-state index is 0.0768. The number of aromatic amines is 1. The first-order valence-corrected chi connectivity index (χ1v) is 8.59. The fourth-order valence-electron chi connectivity index (χ4n) is 2.77. The Morgan fingerprint density at radius 2 is 1.93 bits per heavy atom. The van der Waals surface area contributed by atoms with Gasteiger partial charge in [0, 0.05) is 0 Å². The summed E-state index contributed by atoms with van der Waals surface area (Å²) in [6.07, 6.45) is -4.79. The van der Waals surface area contributed by atoms with Crippen LogP contribution < -0.4 is 5.56 Å². The van der Waals surface area contributed by atoms with Gasteiger partial charge in [-0.2, -0.15) is 18.3 Å². The Kier molecular flexibility index (Phi) is 6.23. The minimum Gasteiger partial charge on any atom is -0.390 e. The van der Waals surface area contributed by atoms with Crippen LogP contribution in [-0.4, -0.2) is 24.9 Å². The van der Waals surface area contributed by atoms with E-state index >= 15 is 0 Å². The Labute approximate surface area is 157 Å². The molecule has 0 spiro atoms. The second-order valence-electron chi connectivity index (χ2n) is 5.81. The van der Waals surface area contributed by atoms with Gasteiger partial charge < -0.3 is 10.1 Å². The van der Waals surface area contributed by atoms with Crippen molar-refractivity contribution < 1.29 is 22.7 Å². The lowest BCUT2D eigenvalue weighted by atomic mass is 10.1. The van der Waals surface area contributed by atoms with Crippen LogP contribution in [0.4, 0.5) is 17.6 Å². The summed E-state index contributed by atoms with van der Waals surface area (Å²) in [5, 5.41) is 13.6. The Bertz CT molecular complexity index is 1040. The van der Waals surface area contributed by atoms with E-state index in [1.807, 2.05) is 13.8 Å². The van der Waals surface area contributed by atoms with Crippen LogP contribution in [0.5, 0.6) is 0 Å². The molecule has 0 saturated heterocycles. The molecule has 0 aliphatic carbocycles. The number of aromatic nitrogens is 4. The van der Waals surface area contributed by atoms with E-state index in [1.54, 1.807) is 13.8 Å². The number of nitrogens with one attached hydrogen (secondary N) is 1. The maximum absolute atomic E-state index is 13.9. The first-order chi connectivity index (χ1) is 13.1. The molecule has 0 aliphatic heterocycles. The van der Waals surface area contributed by atoms with Crippen molar-refractivity contribution in [1.29, 1.82) is 0 Å². The third-order valence-corrected chi connectivity index (χ3v) is 4.05. The number of aliphatic hydroxyl groups excluding tert-OH is 1. The van der Waals surface area contributed by atoms with Crippen molar-refractivity contribution in [1.82, 2.24) is 19.7 Å². The number of hydrogen-bond donors (Lipinski definition) is 2. The molecule has 3 aromatic rings. The highest BCUT2D eigenvalue weighted by atomic mass is 19.4. The standard InChI is InChI=1S/C16H14F4N4O2.C2H6/c1-7(9-3-4-10(11(17)5-9)16(18,19)20)24-14-13(12(6-25)23-24)15(26)22-8(2)21-14;1-2/h3-5,7,25H,6H2,1-2H3,(H,21,22,26);1-2H3. The minimum atomic E-state index is -4.79. The van der Waals surface area contributed by atoms with Gasteiger partial charge in [0.25, 0.3) is 5.56 Å².